The van der Waals surface area contributed by atoms with Crippen LogP contribution in [0.15, 0.2) is 41.8 Å². The average molecular weight is 274 g/mol. The number of amides is 1. The Bertz CT molecular complexity index is 520. The smallest absolute Gasteiger partial charge is 0.226 e. The number of nitrogen functional groups attached to an aromatic ring is 1. The molecule has 4 heteroatoms. The minimum absolute atomic E-state index is 0.140. The number of rotatable bonds is 5. The molecule has 0 aliphatic rings. The van der Waals surface area contributed by atoms with Gasteiger partial charge < -0.3 is 10.6 Å². The van der Waals surface area contributed by atoms with Gasteiger partial charge >= 0.3 is 0 Å². The quantitative estimate of drug-likeness (QED) is 0.850. The van der Waals surface area contributed by atoms with Gasteiger partial charge in [-0.3, -0.25) is 4.79 Å². The lowest BCUT2D eigenvalue weighted by Gasteiger charge is -2.17. The number of benzene rings is 1. The van der Waals surface area contributed by atoms with Gasteiger partial charge in [0.15, 0.2) is 0 Å². The molecule has 1 aromatic carbocycles. The van der Waals surface area contributed by atoms with Crippen LogP contribution in [0.1, 0.15) is 17.7 Å². The third kappa shape index (κ3) is 3.83. The van der Waals surface area contributed by atoms with Gasteiger partial charge in [-0.1, -0.05) is 6.07 Å². The molecule has 0 bridgehead atoms. The first-order valence-corrected chi connectivity index (χ1v) is 7.19. The fraction of sp³-hybridized carbons (Fsp3) is 0.267. The van der Waals surface area contributed by atoms with Gasteiger partial charge in [0.25, 0.3) is 0 Å². The summed E-state index contributed by atoms with van der Waals surface area (Å²) in [5.74, 6) is 0.140. The fourth-order valence-corrected chi connectivity index (χ4v) is 2.63. The number of carbonyl (C=O) groups is 1. The van der Waals surface area contributed by atoms with Gasteiger partial charge in [0.2, 0.25) is 5.91 Å². The second-order valence-electron chi connectivity index (χ2n) is 4.48. The van der Waals surface area contributed by atoms with E-state index in [0.717, 1.165) is 18.5 Å². The van der Waals surface area contributed by atoms with Crippen molar-refractivity contribution < 1.29 is 4.79 Å². The maximum atomic E-state index is 12.1. The van der Waals surface area contributed by atoms with Crippen molar-refractivity contribution >= 4 is 28.6 Å². The van der Waals surface area contributed by atoms with E-state index in [0.29, 0.717) is 12.1 Å². The standard InChI is InChI=1S/C15H18N2OS/c1-17(13-9-7-12(16)8-10-13)15(18)6-2-4-14-5-3-11-19-14/h3,5,7-11H,2,4,6,16H2,1H3. The summed E-state index contributed by atoms with van der Waals surface area (Å²) in [4.78, 5) is 15.1. The lowest BCUT2D eigenvalue weighted by atomic mass is 10.2. The summed E-state index contributed by atoms with van der Waals surface area (Å²) in [5, 5.41) is 2.07. The normalized spacial score (nSPS) is 10.4. The van der Waals surface area contributed by atoms with Gasteiger partial charge in [0.05, 0.1) is 0 Å². The summed E-state index contributed by atoms with van der Waals surface area (Å²) >= 11 is 1.74. The number of nitrogens with zero attached hydrogens (tertiary/aromatic N) is 1. The van der Waals surface area contributed by atoms with Crippen LogP contribution in [-0.4, -0.2) is 13.0 Å². The number of carbonyl (C=O) groups excluding carboxylic acids is 1. The molecule has 0 saturated heterocycles. The van der Waals surface area contributed by atoms with Crippen molar-refractivity contribution in [3.63, 3.8) is 0 Å². The van der Waals surface area contributed by atoms with Crippen molar-refractivity contribution in [2.45, 2.75) is 19.3 Å². The Morgan fingerprint density at radius 3 is 2.63 bits per heavy atom. The molecule has 0 radical (unpaired) electrons. The second kappa shape index (κ2) is 6.38. The first-order chi connectivity index (χ1) is 9.16. The summed E-state index contributed by atoms with van der Waals surface area (Å²) < 4.78 is 0. The van der Waals surface area contributed by atoms with Crippen molar-refractivity contribution in [1.82, 2.24) is 0 Å². The molecule has 3 nitrogen and oxygen atoms in total. The topological polar surface area (TPSA) is 46.3 Å². The van der Waals surface area contributed by atoms with Crippen LogP contribution < -0.4 is 10.6 Å². The van der Waals surface area contributed by atoms with Crippen molar-refractivity contribution in [2.24, 2.45) is 0 Å². The van der Waals surface area contributed by atoms with Crippen LogP contribution in [-0.2, 0) is 11.2 Å². The van der Waals surface area contributed by atoms with E-state index in [2.05, 4.69) is 11.4 Å². The third-order valence-corrected chi connectivity index (χ3v) is 3.98. The first-order valence-electron chi connectivity index (χ1n) is 6.31. The lowest BCUT2D eigenvalue weighted by molar-refractivity contribution is -0.118. The van der Waals surface area contributed by atoms with E-state index in [1.807, 2.05) is 30.3 Å². The molecule has 0 spiro atoms. The van der Waals surface area contributed by atoms with Crippen molar-refractivity contribution in [3.8, 4) is 0 Å². The zero-order chi connectivity index (χ0) is 13.7. The van der Waals surface area contributed by atoms with E-state index in [9.17, 15) is 4.79 Å². The molecule has 100 valence electrons. The van der Waals surface area contributed by atoms with E-state index in [1.54, 1.807) is 23.3 Å². The zero-order valence-electron chi connectivity index (χ0n) is 11.0. The van der Waals surface area contributed by atoms with Gasteiger partial charge in [0, 0.05) is 29.7 Å². The Labute approximate surface area is 117 Å². The van der Waals surface area contributed by atoms with Gasteiger partial charge in [-0.15, -0.1) is 11.3 Å². The zero-order valence-corrected chi connectivity index (χ0v) is 11.8. The molecule has 1 amide bonds. The van der Waals surface area contributed by atoms with Crippen LogP contribution in [0.3, 0.4) is 0 Å². The number of hydrogen-bond acceptors (Lipinski definition) is 3. The molecule has 0 aliphatic heterocycles. The highest BCUT2D eigenvalue weighted by Gasteiger charge is 2.10. The van der Waals surface area contributed by atoms with Crippen LogP contribution in [0.4, 0.5) is 11.4 Å². The summed E-state index contributed by atoms with van der Waals surface area (Å²) in [6.07, 6.45) is 2.43. The minimum atomic E-state index is 0.140. The molecule has 2 N–H and O–H groups in total. The Morgan fingerprint density at radius 2 is 2.00 bits per heavy atom. The number of thiophene rings is 1. The van der Waals surface area contributed by atoms with E-state index < -0.39 is 0 Å². The molecule has 2 rings (SSSR count). The molecule has 0 atom stereocenters. The van der Waals surface area contributed by atoms with E-state index >= 15 is 0 Å². The Hall–Kier alpha value is -1.81. The van der Waals surface area contributed by atoms with E-state index in [4.69, 9.17) is 5.73 Å². The number of nitrogens with two attached hydrogens (primary N) is 1. The molecule has 0 saturated carbocycles. The Balaban J connectivity index is 1.83. The first kappa shape index (κ1) is 13.6. The summed E-state index contributed by atoms with van der Waals surface area (Å²) in [6, 6.07) is 11.5. The van der Waals surface area contributed by atoms with Gasteiger partial charge in [0.1, 0.15) is 0 Å². The molecule has 19 heavy (non-hydrogen) atoms. The predicted molar refractivity (Wildman–Crippen MR) is 81.5 cm³/mol. The molecule has 1 aromatic heterocycles. The number of hydrogen-bond donors (Lipinski definition) is 1. The average Bonchev–Trinajstić information content (AvgIpc) is 2.92. The Morgan fingerprint density at radius 1 is 1.26 bits per heavy atom. The largest absolute Gasteiger partial charge is 0.399 e. The molecular formula is C15H18N2OS. The van der Waals surface area contributed by atoms with Crippen molar-refractivity contribution in [1.29, 1.82) is 0 Å². The van der Waals surface area contributed by atoms with Crippen molar-refractivity contribution in [3.05, 3.63) is 46.7 Å². The fourth-order valence-electron chi connectivity index (χ4n) is 1.88. The van der Waals surface area contributed by atoms with Crippen LogP contribution in [0.5, 0.6) is 0 Å². The maximum absolute atomic E-state index is 12.1. The molecule has 2 aromatic rings. The highest BCUT2D eigenvalue weighted by molar-refractivity contribution is 7.09. The molecule has 1 heterocycles. The van der Waals surface area contributed by atoms with E-state index in [-0.39, 0.29) is 5.91 Å². The maximum Gasteiger partial charge on any atom is 0.226 e. The highest BCUT2D eigenvalue weighted by atomic mass is 32.1. The van der Waals surface area contributed by atoms with Crippen molar-refractivity contribution in [2.75, 3.05) is 17.7 Å². The van der Waals surface area contributed by atoms with Crippen LogP contribution in [0, 0.1) is 0 Å². The minimum Gasteiger partial charge on any atom is -0.399 e. The number of anilines is 2. The van der Waals surface area contributed by atoms with Gasteiger partial charge in [-0.05, 0) is 48.6 Å². The van der Waals surface area contributed by atoms with Crippen LogP contribution in [0.2, 0.25) is 0 Å². The third-order valence-electron chi connectivity index (χ3n) is 3.05. The highest BCUT2D eigenvalue weighted by Crippen LogP contribution is 2.17. The summed E-state index contributed by atoms with van der Waals surface area (Å²) in [6.45, 7) is 0. The predicted octanol–water partition coefficient (Wildman–Crippen LogP) is 3.32. The molecule has 0 fully saturated rings. The molecule has 0 unspecified atom stereocenters. The molecule has 0 aliphatic carbocycles. The van der Waals surface area contributed by atoms with Gasteiger partial charge in [-0.25, -0.2) is 0 Å². The summed E-state index contributed by atoms with van der Waals surface area (Å²) in [5.41, 5.74) is 7.23. The summed E-state index contributed by atoms with van der Waals surface area (Å²) in [7, 11) is 1.80. The lowest BCUT2D eigenvalue weighted by Crippen LogP contribution is -2.25. The van der Waals surface area contributed by atoms with Crippen LogP contribution >= 0.6 is 11.3 Å². The second-order valence-corrected chi connectivity index (χ2v) is 5.51. The van der Waals surface area contributed by atoms with Crippen LogP contribution in [0.25, 0.3) is 0 Å². The van der Waals surface area contributed by atoms with E-state index in [1.165, 1.54) is 4.88 Å². The monoisotopic (exact) mass is 274 g/mol. The number of aryl methyl sites for hydroxylation is 1. The SMILES string of the molecule is CN(C(=O)CCCc1cccs1)c1ccc(N)cc1. The Kier molecular flexibility index (Phi) is 4.58. The molecular weight excluding hydrogens is 256 g/mol. The van der Waals surface area contributed by atoms with Gasteiger partial charge in [-0.2, -0.15) is 0 Å².